The molecule has 0 aromatic carbocycles. The van der Waals surface area contributed by atoms with Gasteiger partial charge in [-0.05, 0) is 6.42 Å². The van der Waals surface area contributed by atoms with Gasteiger partial charge >= 0.3 is 0 Å². The Bertz CT molecular complexity index is 104. The van der Waals surface area contributed by atoms with Gasteiger partial charge < -0.3 is 14.6 Å². The highest BCUT2D eigenvalue weighted by atomic mass is 16.5. The maximum absolute atomic E-state index is 8.81. The number of ether oxygens (including phenoxy) is 2. The Morgan fingerprint density at radius 3 is 1.93 bits per heavy atom. The molecular weight excluding hydrogens is 184 g/mol. The molecule has 0 aliphatic carbocycles. The zero-order chi connectivity index (χ0) is 10.6. The van der Waals surface area contributed by atoms with Gasteiger partial charge in [-0.1, -0.05) is 0 Å². The summed E-state index contributed by atoms with van der Waals surface area (Å²) in [5.74, 6) is 0. The molecule has 5 nitrogen and oxygen atoms in total. The minimum Gasteiger partial charge on any atom is -0.396 e. The zero-order valence-corrected chi connectivity index (χ0v) is 9.08. The predicted octanol–water partition coefficient (Wildman–Crippen LogP) is -0.833. The van der Waals surface area contributed by atoms with Crippen LogP contribution in [0, 0.1) is 0 Å². The molecule has 0 heterocycles. The van der Waals surface area contributed by atoms with Crippen molar-refractivity contribution in [2.75, 3.05) is 47.1 Å². The monoisotopic (exact) mass is 206 g/mol. The van der Waals surface area contributed by atoms with Crippen molar-refractivity contribution in [3.05, 3.63) is 0 Å². The molecule has 0 unspecified atom stereocenters. The fourth-order valence-electron chi connectivity index (χ4n) is 1.08. The topological polar surface area (TPSA) is 62.8 Å². The van der Waals surface area contributed by atoms with Crippen LogP contribution in [0.3, 0.4) is 0 Å². The molecular formula is C9H22N2O3. The second-order valence-electron chi connectivity index (χ2n) is 2.96. The molecule has 0 spiro atoms. The lowest BCUT2D eigenvalue weighted by Crippen LogP contribution is -2.45. The number of aliphatic hydroxyl groups excluding tert-OH is 1. The van der Waals surface area contributed by atoms with Gasteiger partial charge in [0, 0.05) is 33.9 Å². The van der Waals surface area contributed by atoms with Gasteiger partial charge in [0.1, 0.15) is 0 Å². The number of rotatable bonds is 10. The first-order chi connectivity index (χ1) is 6.85. The average molecular weight is 206 g/mol. The summed E-state index contributed by atoms with van der Waals surface area (Å²) in [5.41, 5.74) is 0. The van der Waals surface area contributed by atoms with E-state index in [4.69, 9.17) is 14.6 Å². The highest BCUT2D eigenvalue weighted by molar-refractivity contribution is 4.63. The van der Waals surface area contributed by atoms with Gasteiger partial charge in [0.05, 0.1) is 19.4 Å². The van der Waals surface area contributed by atoms with Crippen molar-refractivity contribution in [3.63, 3.8) is 0 Å². The summed E-state index contributed by atoms with van der Waals surface area (Å²) in [6.45, 7) is 3.08. The van der Waals surface area contributed by atoms with Crippen LogP contribution in [0.15, 0.2) is 0 Å². The molecule has 0 aliphatic heterocycles. The van der Waals surface area contributed by atoms with Crippen LogP contribution in [-0.4, -0.2) is 58.4 Å². The van der Waals surface area contributed by atoms with E-state index in [2.05, 4.69) is 10.6 Å². The Hall–Kier alpha value is -0.200. The highest BCUT2D eigenvalue weighted by Crippen LogP contribution is 1.85. The lowest BCUT2D eigenvalue weighted by atomic mass is 10.3. The molecule has 0 bridgehead atoms. The third-order valence-electron chi connectivity index (χ3n) is 1.81. The van der Waals surface area contributed by atoms with Crippen LogP contribution < -0.4 is 10.6 Å². The van der Waals surface area contributed by atoms with E-state index in [1.165, 1.54) is 0 Å². The number of aliphatic hydroxyl groups is 1. The van der Waals surface area contributed by atoms with E-state index >= 15 is 0 Å². The summed E-state index contributed by atoms with van der Waals surface area (Å²) >= 11 is 0. The SMILES string of the molecule is COCCNC(CCO)NCCOC. The normalized spacial score (nSPS) is 11.1. The summed E-state index contributed by atoms with van der Waals surface area (Å²) in [5, 5.41) is 15.3. The quantitative estimate of drug-likeness (QED) is 0.321. The lowest BCUT2D eigenvalue weighted by molar-refractivity contribution is 0.173. The zero-order valence-electron chi connectivity index (χ0n) is 9.08. The first-order valence-electron chi connectivity index (χ1n) is 4.90. The van der Waals surface area contributed by atoms with Crippen LogP contribution in [0.1, 0.15) is 6.42 Å². The third kappa shape index (κ3) is 8.40. The number of hydrogen-bond donors (Lipinski definition) is 3. The smallest absolute Gasteiger partial charge is 0.0595 e. The Labute approximate surface area is 85.8 Å². The van der Waals surface area contributed by atoms with E-state index in [-0.39, 0.29) is 12.8 Å². The molecule has 0 saturated carbocycles. The molecule has 0 saturated heterocycles. The Morgan fingerprint density at radius 2 is 1.57 bits per heavy atom. The minimum absolute atomic E-state index is 0.130. The second-order valence-corrected chi connectivity index (χ2v) is 2.96. The van der Waals surface area contributed by atoms with Gasteiger partial charge in [-0.2, -0.15) is 0 Å². The van der Waals surface area contributed by atoms with E-state index in [0.717, 1.165) is 13.1 Å². The maximum atomic E-state index is 8.81. The lowest BCUT2D eigenvalue weighted by Gasteiger charge is -2.18. The van der Waals surface area contributed by atoms with E-state index in [0.29, 0.717) is 19.6 Å². The van der Waals surface area contributed by atoms with Crippen molar-refractivity contribution < 1.29 is 14.6 Å². The summed E-state index contributed by atoms with van der Waals surface area (Å²) in [7, 11) is 3.34. The van der Waals surface area contributed by atoms with Crippen LogP contribution in [0.5, 0.6) is 0 Å². The Kier molecular flexibility index (Phi) is 10.7. The van der Waals surface area contributed by atoms with E-state index in [1.807, 2.05) is 0 Å². The standard InChI is InChI=1S/C9H22N2O3/c1-13-7-4-10-9(3-6-12)11-5-8-14-2/h9-12H,3-8H2,1-2H3. The average Bonchev–Trinajstić information content (AvgIpc) is 2.18. The molecule has 0 atom stereocenters. The number of nitrogens with one attached hydrogen (secondary N) is 2. The molecule has 0 aromatic heterocycles. The van der Waals surface area contributed by atoms with Crippen molar-refractivity contribution >= 4 is 0 Å². The molecule has 0 rings (SSSR count). The molecule has 14 heavy (non-hydrogen) atoms. The number of hydrogen-bond acceptors (Lipinski definition) is 5. The maximum Gasteiger partial charge on any atom is 0.0595 e. The predicted molar refractivity (Wildman–Crippen MR) is 55.2 cm³/mol. The van der Waals surface area contributed by atoms with Gasteiger partial charge in [0.25, 0.3) is 0 Å². The van der Waals surface area contributed by atoms with Gasteiger partial charge in [-0.15, -0.1) is 0 Å². The van der Waals surface area contributed by atoms with Crippen molar-refractivity contribution in [1.29, 1.82) is 0 Å². The van der Waals surface area contributed by atoms with Crippen molar-refractivity contribution in [2.24, 2.45) is 0 Å². The van der Waals surface area contributed by atoms with Crippen LogP contribution in [0.25, 0.3) is 0 Å². The fourth-order valence-corrected chi connectivity index (χ4v) is 1.08. The van der Waals surface area contributed by atoms with E-state index in [9.17, 15) is 0 Å². The van der Waals surface area contributed by atoms with Gasteiger partial charge in [0.15, 0.2) is 0 Å². The molecule has 3 N–H and O–H groups in total. The first kappa shape index (κ1) is 13.8. The minimum atomic E-state index is 0.130. The summed E-state index contributed by atoms with van der Waals surface area (Å²) in [6, 6.07) is 0. The largest absolute Gasteiger partial charge is 0.396 e. The van der Waals surface area contributed by atoms with Gasteiger partial charge in [0.2, 0.25) is 0 Å². The second kappa shape index (κ2) is 10.9. The fraction of sp³-hybridized carbons (Fsp3) is 1.00. The first-order valence-corrected chi connectivity index (χ1v) is 4.90. The molecule has 0 aliphatic rings. The summed E-state index contributed by atoms with van der Waals surface area (Å²) in [6.07, 6.45) is 0.818. The Balaban J connectivity index is 3.44. The van der Waals surface area contributed by atoms with Crippen LogP contribution in [0.2, 0.25) is 0 Å². The third-order valence-corrected chi connectivity index (χ3v) is 1.81. The van der Waals surface area contributed by atoms with Gasteiger partial charge in [-0.3, -0.25) is 10.6 Å². The summed E-state index contributed by atoms with van der Waals surface area (Å²) < 4.78 is 9.84. The van der Waals surface area contributed by atoms with Gasteiger partial charge in [-0.25, -0.2) is 0 Å². The molecule has 0 amide bonds. The highest BCUT2D eigenvalue weighted by Gasteiger charge is 2.04. The van der Waals surface area contributed by atoms with Crippen LogP contribution >= 0.6 is 0 Å². The molecule has 86 valence electrons. The number of methoxy groups -OCH3 is 2. The molecule has 5 heteroatoms. The molecule has 0 aromatic rings. The van der Waals surface area contributed by atoms with Crippen molar-refractivity contribution in [2.45, 2.75) is 12.6 Å². The Morgan fingerprint density at radius 1 is 1.07 bits per heavy atom. The van der Waals surface area contributed by atoms with Crippen LogP contribution in [0.4, 0.5) is 0 Å². The van der Waals surface area contributed by atoms with Crippen molar-refractivity contribution in [1.82, 2.24) is 10.6 Å². The van der Waals surface area contributed by atoms with E-state index in [1.54, 1.807) is 14.2 Å². The van der Waals surface area contributed by atoms with Crippen molar-refractivity contribution in [3.8, 4) is 0 Å². The van der Waals surface area contributed by atoms with E-state index < -0.39 is 0 Å². The molecule has 0 fully saturated rings. The molecule has 0 radical (unpaired) electrons. The summed E-state index contributed by atoms with van der Waals surface area (Å²) in [4.78, 5) is 0. The van der Waals surface area contributed by atoms with Crippen LogP contribution in [-0.2, 0) is 9.47 Å².